The summed E-state index contributed by atoms with van der Waals surface area (Å²) in [5, 5.41) is 0. The summed E-state index contributed by atoms with van der Waals surface area (Å²) in [5.41, 5.74) is 1.29. The van der Waals surface area contributed by atoms with Crippen LogP contribution in [0, 0.1) is 5.92 Å². The van der Waals surface area contributed by atoms with Crippen LogP contribution in [0.25, 0.3) is 0 Å². The Morgan fingerprint density at radius 3 is 2.67 bits per heavy atom. The fourth-order valence-corrected chi connectivity index (χ4v) is 3.91. The third kappa shape index (κ3) is 4.02. The summed E-state index contributed by atoms with van der Waals surface area (Å²) in [6, 6.07) is 6.93. The Labute approximate surface area is 145 Å². The Bertz CT molecular complexity index is 531. The van der Waals surface area contributed by atoms with Crippen LogP contribution in [0.15, 0.2) is 18.2 Å². The van der Waals surface area contributed by atoms with Crippen molar-refractivity contribution in [2.75, 3.05) is 53.1 Å². The minimum atomic E-state index is 0.651. The molecule has 0 bridgehead atoms. The van der Waals surface area contributed by atoms with Gasteiger partial charge in [-0.3, -0.25) is 9.80 Å². The van der Waals surface area contributed by atoms with Gasteiger partial charge in [-0.15, -0.1) is 0 Å². The Balaban J connectivity index is 1.63. The van der Waals surface area contributed by atoms with Crippen LogP contribution in [0.1, 0.15) is 19.4 Å². The maximum atomic E-state index is 5.70. The van der Waals surface area contributed by atoms with Crippen LogP contribution in [0.3, 0.4) is 0 Å². The predicted molar refractivity (Wildman–Crippen MR) is 94.8 cm³/mol. The number of hydrogen-bond donors (Lipinski definition) is 0. The maximum absolute atomic E-state index is 5.70. The predicted octanol–water partition coefficient (Wildman–Crippen LogP) is 2.25. The van der Waals surface area contributed by atoms with E-state index >= 15 is 0 Å². The van der Waals surface area contributed by atoms with Crippen LogP contribution < -0.4 is 9.47 Å². The molecule has 0 aliphatic carbocycles. The van der Waals surface area contributed by atoms with E-state index in [0.29, 0.717) is 18.6 Å². The first-order chi connectivity index (χ1) is 11.7. The molecule has 2 aliphatic heterocycles. The zero-order valence-electron chi connectivity index (χ0n) is 15.2. The fraction of sp³-hybridized carbons (Fsp3) is 0.684. The highest BCUT2D eigenvalue weighted by atomic mass is 16.5. The third-order valence-corrected chi connectivity index (χ3v) is 5.10. The number of ether oxygens (including phenoxy) is 3. The highest BCUT2D eigenvalue weighted by molar-refractivity contribution is 5.43. The van der Waals surface area contributed by atoms with Gasteiger partial charge in [0.25, 0.3) is 0 Å². The van der Waals surface area contributed by atoms with Crippen LogP contribution in [0.4, 0.5) is 0 Å². The molecular weight excluding hydrogens is 304 g/mol. The molecule has 3 rings (SSSR count). The van der Waals surface area contributed by atoms with Crippen molar-refractivity contribution in [3.63, 3.8) is 0 Å². The molecule has 2 aliphatic rings. The van der Waals surface area contributed by atoms with Crippen LogP contribution in [-0.2, 0) is 11.3 Å². The zero-order valence-corrected chi connectivity index (χ0v) is 15.2. The average Bonchev–Trinajstić information content (AvgIpc) is 2.96. The lowest BCUT2D eigenvalue weighted by Crippen LogP contribution is -2.46. The molecule has 5 nitrogen and oxygen atoms in total. The molecule has 0 amide bonds. The zero-order chi connectivity index (χ0) is 16.9. The normalized spacial score (nSPS) is 25.8. The first-order valence-corrected chi connectivity index (χ1v) is 9.05. The van der Waals surface area contributed by atoms with E-state index in [4.69, 9.17) is 14.2 Å². The van der Waals surface area contributed by atoms with Gasteiger partial charge in [0, 0.05) is 38.8 Å². The quantitative estimate of drug-likeness (QED) is 0.797. The Hall–Kier alpha value is -1.30. The number of hydrogen-bond acceptors (Lipinski definition) is 5. The van der Waals surface area contributed by atoms with Crippen molar-refractivity contribution < 1.29 is 14.2 Å². The second-order valence-electron chi connectivity index (χ2n) is 6.81. The van der Waals surface area contributed by atoms with Crippen LogP contribution >= 0.6 is 0 Å². The minimum Gasteiger partial charge on any atom is -0.493 e. The van der Waals surface area contributed by atoms with Crippen molar-refractivity contribution in [1.29, 1.82) is 0 Å². The molecule has 2 atom stereocenters. The lowest BCUT2D eigenvalue weighted by molar-refractivity contribution is 0.0118. The summed E-state index contributed by atoms with van der Waals surface area (Å²) in [5.74, 6) is 2.35. The van der Waals surface area contributed by atoms with Gasteiger partial charge in [0.1, 0.15) is 0 Å². The lowest BCUT2D eigenvalue weighted by Gasteiger charge is -2.34. The van der Waals surface area contributed by atoms with Gasteiger partial charge in [0.15, 0.2) is 11.5 Å². The van der Waals surface area contributed by atoms with E-state index < -0.39 is 0 Å². The third-order valence-electron chi connectivity index (χ3n) is 5.10. The smallest absolute Gasteiger partial charge is 0.161 e. The Morgan fingerprint density at radius 1 is 1.17 bits per heavy atom. The van der Waals surface area contributed by atoms with E-state index in [2.05, 4.69) is 28.9 Å². The number of benzene rings is 1. The largest absolute Gasteiger partial charge is 0.493 e. The van der Waals surface area contributed by atoms with Gasteiger partial charge >= 0.3 is 0 Å². The Morgan fingerprint density at radius 2 is 1.96 bits per heavy atom. The average molecular weight is 334 g/mol. The molecule has 0 aromatic heterocycles. The van der Waals surface area contributed by atoms with E-state index in [1.54, 1.807) is 7.11 Å². The topological polar surface area (TPSA) is 34.2 Å². The molecule has 2 unspecified atom stereocenters. The monoisotopic (exact) mass is 334 g/mol. The van der Waals surface area contributed by atoms with Crippen molar-refractivity contribution in [3.8, 4) is 11.5 Å². The Kier molecular flexibility index (Phi) is 5.98. The van der Waals surface area contributed by atoms with Gasteiger partial charge in [-0.05, 0) is 30.5 Å². The molecule has 2 heterocycles. The van der Waals surface area contributed by atoms with Crippen LogP contribution in [-0.4, -0.2) is 69.0 Å². The van der Waals surface area contributed by atoms with Gasteiger partial charge in [-0.1, -0.05) is 13.0 Å². The van der Waals surface area contributed by atoms with Crippen molar-refractivity contribution in [3.05, 3.63) is 23.8 Å². The molecule has 2 saturated heterocycles. The summed E-state index contributed by atoms with van der Waals surface area (Å²) in [4.78, 5) is 5.16. The second-order valence-corrected chi connectivity index (χ2v) is 6.81. The first-order valence-electron chi connectivity index (χ1n) is 9.05. The summed E-state index contributed by atoms with van der Waals surface area (Å²) in [6.07, 6.45) is 0. The number of morpholine rings is 1. The van der Waals surface area contributed by atoms with Crippen molar-refractivity contribution in [2.45, 2.75) is 26.4 Å². The minimum absolute atomic E-state index is 0.651. The SMILES string of the molecule is CCOc1cc(CN2CC(C)C(N3CCOCC3)C2)ccc1OC. The highest BCUT2D eigenvalue weighted by Crippen LogP contribution is 2.30. The van der Waals surface area contributed by atoms with E-state index in [0.717, 1.165) is 57.4 Å². The van der Waals surface area contributed by atoms with Gasteiger partial charge in [-0.2, -0.15) is 0 Å². The van der Waals surface area contributed by atoms with Gasteiger partial charge in [0.2, 0.25) is 0 Å². The van der Waals surface area contributed by atoms with E-state index in [1.807, 2.05) is 13.0 Å². The maximum Gasteiger partial charge on any atom is 0.161 e. The number of methoxy groups -OCH3 is 1. The van der Waals surface area contributed by atoms with E-state index in [1.165, 1.54) is 5.56 Å². The van der Waals surface area contributed by atoms with Crippen LogP contribution in [0.5, 0.6) is 11.5 Å². The molecular formula is C19H30N2O3. The lowest BCUT2D eigenvalue weighted by atomic mass is 10.0. The molecule has 0 spiro atoms. The van der Waals surface area contributed by atoms with Gasteiger partial charge in [0.05, 0.1) is 26.9 Å². The fourth-order valence-electron chi connectivity index (χ4n) is 3.91. The molecule has 0 radical (unpaired) electrons. The molecule has 0 N–H and O–H groups in total. The van der Waals surface area contributed by atoms with Crippen LogP contribution in [0.2, 0.25) is 0 Å². The summed E-state index contributed by atoms with van der Waals surface area (Å²) < 4.78 is 16.6. The number of rotatable bonds is 6. The molecule has 134 valence electrons. The van der Waals surface area contributed by atoms with Crippen molar-refractivity contribution in [1.82, 2.24) is 9.80 Å². The number of likely N-dealkylation sites (tertiary alicyclic amines) is 1. The standard InChI is InChI=1S/C19H30N2O3/c1-4-24-19-11-16(5-6-18(19)22-3)13-20-12-15(2)17(14-20)21-7-9-23-10-8-21/h5-6,11,15,17H,4,7-10,12-14H2,1-3H3. The summed E-state index contributed by atoms with van der Waals surface area (Å²) in [6.45, 7) is 12.2. The van der Waals surface area contributed by atoms with Crippen molar-refractivity contribution in [2.24, 2.45) is 5.92 Å². The molecule has 1 aromatic rings. The van der Waals surface area contributed by atoms with Crippen molar-refractivity contribution >= 4 is 0 Å². The molecule has 0 saturated carbocycles. The highest BCUT2D eigenvalue weighted by Gasteiger charge is 2.34. The molecule has 1 aromatic carbocycles. The summed E-state index contributed by atoms with van der Waals surface area (Å²) >= 11 is 0. The van der Waals surface area contributed by atoms with Gasteiger partial charge in [-0.25, -0.2) is 0 Å². The molecule has 2 fully saturated rings. The number of nitrogens with zero attached hydrogens (tertiary/aromatic N) is 2. The first kappa shape index (κ1) is 17.5. The molecule has 24 heavy (non-hydrogen) atoms. The van der Waals surface area contributed by atoms with E-state index in [-0.39, 0.29) is 0 Å². The van der Waals surface area contributed by atoms with Gasteiger partial charge < -0.3 is 14.2 Å². The summed E-state index contributed by atoms with van der Waals surface area (Å²) in [7, 11) is 1.69. The van der Waals surface area contributed by atoms with E-state index in [9.17, 15) is 0 Å². The second kappa shape index (κ2) is 8.19. The molecule has 5 heteroatoms.